The zero-order valence-electron chi connectivity index (χ0n) is 19.1. The number of hydrogen-bond donors (Lipinski definition) is 0. The second-order valence-electron chi connectivity index (χ2n) is 7.42. The Morgan fingerprint density at radius 2 is 1.61 bits per heavy atom. The number of methoxy groups -OCH3 is 3. The van der Waals surface area contributed by atoms with Crippen molar-refractivity contribution in [1.29, 1.82) is 0 Å². The van der Waals surface area contributed by atoms with Crippen LogP contribution < -0.4 is 14.2 Å². The van der Waals surface area contributed by atoms with Crippen molar-refractivity contribution in [2.45, 2.75) is 27.3 Å². The first-order valence-corrected chi connectivity index (χ1v) is 9.98. The third-order valence-corrected chi connectivity index (χ3v) is 5.44. The number of rotatable bonds is 7. The normalized spacial score (nSPS) is 10.7. The summed E-state index contributed by atoms with van der Waals surface area (Å²) in [5, 5.41) is 4.73. The van der Waals surface area contributed by atoms with Crippen molar-refractivity contribution >= 4 is 5.91 Å². The molecule has 0 aliphatic carbocycles. The van der Waals surface area contributed by atoms with Gasteiger partial charge in [-0.05, 0) is 44.5 Å². The van der Waals surface area contributed by atoms with Crippen molar-refractivity contribution in [3.63, 3.8) is 0 Å². The second-order valence-corrected chi connectivity index (χ2v) is 7.42. The maximum absolute atomic E-state index is 13.2. The van der Waals surface area contributed by atoms with Gasteiger partial charge in [0, 0.05) is 30.4 Å². The summed E-state index contributed by atoms with van der Waals surface area (Å²) in [6.07, 6.45) is 0. The minimum absolute atomic E-state index is 0.151. The van der Waals surface area contributed by atoms with Gasteiger partial charge in [-0.25, -0.2) is 4.68 Å². The van der Waals surface area contributed by atoms with E-state index in [1.807, 2.05) is 36.7 Å². The summed E-state index contributed by atoms with van der Waals surface area (Å²) in [7, 11) is 6.37. The molecule has 0 fully saturated rings. The predicted molar refractivity (Wildman–Crippen MR) is 120 cm³/mol. The average molecular weight is 424 g/mol. The number of nitrogens with zero attached hydrogens (tertiary/aromatic N) is 3. The first-order valence-electron chi connectivity index (χ1n) is 9.98. The van der Waals surface area contributed by atoms with E-state index in [-0.39, 0.29) is 5.91 Å². The number of carbonyl (C=O) groups is 1. The molecular formula is C24H29N3O4. The van der Waals surface area contributed by atoms with E-state index in [2.05, 4.69) is 13.0 Å². The Bertz CT molecular complexity index is 1080. The Balaban J connectivity index is 1.91. The highest BCUT2D eigenvalue weighted by Crippen LogP contribution is 2.38. The van der Waals surface area contributed by atoms with Gasteiger partial charge in [0.2, 0.25) is 5.75 Å². The zero-order chi connectivity index (χ0) is 22.7. The fraction of sp³-hybridized carbons (Fsp3) is 0.333. The molecule has 3 rings (SSSR count). The smallest absolute Gasteiger partial charge is 0.254 e. The number of benzene rings is 2. The topological polar surface area (TPSA) is 65.8 Å². The maximum atomic E-state index is 13.2. The lowest BCUT2D eigenvalue weighted by atomic mass is 10.1. The number of aromatic nitrogens is 2. The van der Waals surface area contributed by atoms with E-state index < -0.39 is 0 Å². The Hall–Kier alpha value is -3.48. The van der Waals surface area contributed by atoms with Gasteiger partial charge in [-0.15, -0.1) is 0 Å². The summed E-state index contributed by atoms with van der Waals surface area (Å²) in [6.45, 7) is 6.49. The molecule has 0 N–H and O–H groups in total. The standard InChI is InChI=1S/C24H29N3O4/c1-15-10-8-9-11-20(15)27-17(3)19(16(2)25-27)14-26(4)24(28)18-12-21(29-5)23(31-7)22(13-18)30-6/h8-13H,14H2,1-7H3. The number of aryl methyl sites for hydroxylation is 2. The highest BCUT2D eigenvalue weighted by atomic mass is 16.5. The number of amides is 1. The minimum atomic E-state index is -0.151. The highest BCUT2D eigenvalue weighted by Gasteiger charge is 2.22. The Labute approximate surface area is 183 Å². The van der Waals surface area contributed by atoms with Crippen LogP contribution in [0.25, 0.3) is 5.69 Å². The molecule has 1 aromatic heterocycles. The molecule has 0 aliphatic heterocycles. The summed E-state index contributed by atoms with van der Waals surface area (Å²) in [6, 6.07) is 11.4. The van der Waals surface area contributed by atoms with Crippen molar-refractivity contribution in [3.8, 4) is 22.9 Å². The largest absolute Gasteiger partial charge is 0.493 e. The van der Waals surface area contributed by atoms with Crippen LogP contribution in [0.1, 0.15) is 32.9 Å². The van der Waals surface area contributed by atoms with Gasteiger partial charge >= 0.3 is 0 Å². The van der Waals surface area contributed by atoms with Gasteiger partial charge in [0.25, 0.3) is 5.91 Å². The molecule has 0 aliphatic rings. The summed E-state index contributed by atoms with van der Waals surface area (Å²) in [5.41, 5.74) is 5.56. The molecule has 0 spiro atoms. The van der Waals surface area contributed by atoms with Crippen LogP contribution in [0.5, 0.6) is 17.2 Å². The van der Waals surface area contributed by atoms with E-state index in [1.54, 1.807) is 24.1 Å². The molecule has 0 unspecified atom stereocenters. The van der Waals surface area contributed by atoms with Gasteiger partial charge in [-0.2, -0.15) is 5.10 Å². The number of ether oxygens (including phenoxy) is 3. The van der Waals surface area contributed by atoms with Crippen LogP contribution in [0.4, 0.5) is 0 Å². The molecule has 3 aromatic rings. The summed E-state index contributed by atoms with van der Waals surface area (Å²) in [5.74, 6) is 1.19. The molecule has 7 heteroatoms. The third-order valence-electron chi connectivity index (χ3n) is 5.44. The molecule has 164 valence electrons. The lowest BCUT2D eigenvalue weighted by Crippen LogP contribution is -2.26. The van der Waals surface area contributed by atoms with Crippen LogP contribution in [-0.2, 0) is 6.54 Å². The van der Waals surface area contributed by atoms with Gasteiger partial charge in [0.1, 0.15) is 0 Å². The minimum Gasteiger partial charge on any atom is -0.493 e. The Kier molecular flexibility index (Phi) is 6.53. The fourth-order valence-corrected chi connectivity index (χ4v) is 3.67. The van der Waals surface area contributed by atoms with Crippen molar-refractivity contribution in [2.24, 2.45) is 0 Å². The summed E-state index contributed by atoms with van der Waals surface area (Å²) < 4.78 is 18.1. The number of para-hydroxylation sites is 1. The van der Waals surface area contributed by atoms with E-state index in [1.165, 1.54) is 21.3 Å². The fourth-order valence-electron chi connectivity index (χ4n) is 3.67. The van der Waals surface area contributed by atoms with Crippen LogP contribution >= 0.6 is 0 Å². The molecule has 2 aromatic carbocycles. The van der Waals surface area contributed by atoms with Crippen molar-refractivity contribution < 1.29 is 19.0 Å². The molecule has 0 radical (unpaired) electrons. The highest BCUT2D eigenvalue weighted by molar-refractivity contribution is 5.95. The first kappa shape index (κ1) is 22.2. The van der Waals surface area contributed by atoms with Crippen LogP contribution in [0.2, 0.25) is 0 Å². The van der Waals surface area contributed by atoms with Gasteiger partial charge in [-0.1, -0.05) is 18.2 Å². The molecule has 0 bridgehead atoms. The van der Waals surface area contributed by atoms with Gasteiger partial charge in [0.15, 0.2) is 11.5 Å². The molecule has 0 atom stereocenters. The molecule has 31 heavy (non-hydrogen) atoms. The van der Waals surface area contributed by atoms with E-state index in [9.17, 15) is 4.79 Å². The molecule has 0 saturated heterocycles. The lowest BCUT2D eigenvalue weighted by molar-refractivity contribution is 0.0784. The van der Waals surface area contributed by atoms with Crippen molar-refractivity contribution in [1.82, 2.24) is 14.7 Å². The van der Waals surface area contributed by atoms with Crippen LogP contribution in [0, 0.1) is 20.8 Å². The molecule has 1 heterocycles. The van der Waals surface area contributed by atoms with E-state index in [4.69, 9.17) is 19.3 Å². The number of carbonyl (C=O) groups excluding carboxylic acids is 1. The van der Waals surface area contributed by atoms with Crippen LogP contribution in [0.15, 0.2) is 36.4 Å². The van der Waals surface area contributed by atoms with Crippen molar-refractivity contribution in [2.75, 3.05) is 28.4 Å². The molecule has 7 nitrogen and oxygen atoms in total. The monoisotopic (exact) mass is 423 g/mol. The average Bonchev–Trinajstić information content (AvgIpc) is 3.05. The van der Waals surface area contributed by atoms with Gasteiger partial charge in [-0.3, -0.25) is 4.79 Å². The molecule has 0 saturated carbocycles. The zero-order valence-corrected chi connectivity index (χ0v) is 19.1. The van der Waals surface area contributed by atoms with E-state index >= 15 is 0 Å². The lowest BCUT2D eigenvalue weighted by Gasteiger charge is -2.20. The van der Waals surface area contributed by atoms with Gasteiger partial charge in [0.05, 0.1) is 32.7 Å². The van der Waals surface area contributed by atoms with Crippen LogP contribution in [-0.4, -0.2) is 49.0 Å². The number of hydrogen-bond acceptors (Lipinski definition) is 5. The summed E-state index contributed by atoms with van der Waals surface area (Å²) >= 11 is 0. The second kappa shape index (κ2) is 9.12. The predicted octanol–water partition coefficient (Wildman–Crippen LogP) is 4.10. The van der Waals surface area contributed by atoms with E-state index in [0.29, 0.717) is 29.4 Å². The molecule has 1 amide bonds. The van der Waals surface area contributed by atoms with Gasteiger partial charge < -0.3 is 19.1 Å². The SMILES string of the molecule is COc1cc(C(=O)N(C)Cc2c(C)nn(-c3ccccc3C)c2C)cc(OC)c1OC. The molecular weight excluding hydrogens is 394 g/mol. The quantitative estimate of drug-likeness (QED) is 0.573. The van der Waals surface area contributed by atoms with Crippen LogP contribution in [0.3, 0.4) is 0 Å². The maximum Gasteiger partial charge on any atom is 0.254 e. The first-order chi connectivity index (χ1) is 14.8. The Morgan fingerprint density at radius 3 is 2.16 bits per heavy atom. The Morgan fingerprint density at radius 1 is 1.00 bits per heavy atom. The summed E-state index contributed by atoms with van der Waals surface area (Å²) in [4.78, 5) is 14.9. The third kappa shape index (κ3) is 4.21. The van der Waals surface area contributed by atoms with E-state index in [0.717, 1.165) is 28.2 Å². The van der Waals surface area contributed by atoms with Crippen molar-refractivity contribution in [3.05, 3.63) is 64.5 Å².